The lowest BCUT2D eigenvalue weighted by atomic mass is 10.1. The van der Waals surface area contributed by atoms with Gasteiger partial charge in [0.15, 0.2) is 0 Å². The number of ether oxygens (including phenoxy) is 2. The first-order valence-corrected chi connectivity index (χ1v) is 8.58. The third kappa shape index (κ3) is 4.40. The van der Waals surface area contributed by atoms with Crippen LogP contribution in [0.1, 0.15) is 45.6 Å². The number of thioether (sulfide) groups is 1. The molecule has 0 spiro atoms. The number of rotatable bonds is 7. The topological polar surface area (TPSA) is 30.8 Å². The molecule has 0 fully saturated rings. The van der Waals surface area contributed by atoms with E-state index in [1.54, 1.807) is 7.11 Å². The van der Waals surface area contributed by atoms with Crippen molar-refractivity contribution in [3.05, 3.63) is 23.8 Å². The molecule has 2 rings (SSSR count). The second-order valence-electron chi connectivity index (χ2n) is 5.94. The van der Waals surface area contributed by atoms with Crippen LogP contribution in [-0.4, -0.2) is 30.9 Å². The summed E-state index contributed by atoms with van der Waals surface area (Å²) >= 11 is 1.85. The molecule has 3 nitrogen and oxygen atoms in total. The molecular formula is C17H25NO2S. The molecule has 0 unspecified atom stereocenters. The van der Waals surface area contributed by atoms with E-state index in [0.29, 0.717) is 6.61 Å². The van der Waals surface area contributed by atoms with Crippen LogP contribution in [0.2, 0.25) is 0 Å². The van der Waals surface area contributed by atoms with Gasteiger partial charge in [-0.25, -0.2) is 4.99 Å². The van der Waals surface area contributed by atoms with Crippen LogP contribution in [-0.2, 0) is 4.74 Å². The van der Waals surface area contributed by atoms with Crippen molar-refractivity contribution in [2.45, 2.75) is 50.5 Å². The summed E-state index contributed by atoms with van der Waals surface area (Å²) in [6.07, 6.45) is 3.76. The Morgan fingerprint density at radius 3 is 2.76 bits per heavy atom. The number of hydrogen-bond acceptors (Lipinski definition) is 4. The number of benzene rings is 1. The maximum absolute atomic E-state index is 5.73. The van der Waals surface area contributed by atoms with Crippen molar-refractivity contribution in [1.29, 1.82) is 0 Å². The lowest BCUT2D eigenvalue weighted by molar-refractivity contribution is 0.279. The van der Waals surface area contributed by atoms with Crippen molar-refractivity contribution in [2.24, 2.45) is 4.99 Å². The summed E-state index contributed by atoms with van der Waals surface area (Å²) in [5.41, 5.74) is 0.920. The third-order valence-electron chi connectivity index (χ3n) is 3.38. The Morgan fingerprint density at radius 2 is 2.14 bits per heavy atom. The summed E-state index contributed by atoms with van der Waals surface area (Å²) < 4.78 is 11.2. The van der Waals surface area contributed by atoms with E-state index in [9.17, 15) is 0 Å². The smallest absolute Gasteiger partial charge is 0.216 e. The Kier molecular flexibility index (Phi) is 5.57. The lowest BCUT2D eigenvalue weighted by Gasteiger charge is -2.10. The molecule has 116 valence electrons. The zero-order chi connectivity index (χ0) is 15.3. The van der Waals surface area contributed by atoms with Gasteiger partial charge in [0, 0.05) is 5.56 Å². The molecule has 0 atom stereocenters. The van der Waals surface area contributed by atoms with E-state index in [2.05, 4.69) is 31.8 Å². The van der Waals surface area contributed by atoms with Crippen LogP contribution < -0.4 is 4.74 Å². The highest BCUT2D eigenvalue weighted by molar-refractivity contribution is 7.99. The minimum atomic E-state index is -0.121. The number of nitrogens with zero attached hydrogens (tertiary/aromatic N) is 1. The fraction of sp³-hybridized carbons (Fsp3) is 0.588. The normalized spacial score (nSPS) is 16.5. The molecule has 1 aliphatic rings. The lowest BCUT2D eigenvalue weighted by Crippen LogP contribution is -2.17. The quantitative estimate of drug-likeness (QED) is 0.547. The summed E-state index contributed by atoms with van der Waals surface area (Å²) in [6, 6.07) is 6.17. The highest BCUT2D eigenvalue weighted by Crippen LogP contribution is 2.32. The Balaban J connectivity index is 2.14. The van der Waals surface area contributed by atoms with Gasteiger partial charge in [0.25, 0.3) is 0 Å². The van der Waals surface area contributed by atoms with Crippen LogP contribution >= 0.6 is 11.8 Å². The molecule has 0 N–H and O–H groups in total. The van der Waals surface area contributed by atoms with E-state index < -0.39 is 0 Å². The van der Waals surface area contributed by atoms with Crippen molar-refractivity contribution in [3.8, 4) is 5.75 Å². The van der Waals surface area contributed by atoms with E-state index >= 15 is 0 Å². The highest BCUT2D eigenvalue weighted by Gasteiger charge is 2.27. The van der Waals surface area contributed by atoms with Crippen molar-refractivity contribution in [3.63, 3.8) is 0 Å². The SMILES string of the molecule is CCCCCSc1cc(C2=NC(C)(C)CO2)ccc1OC. The fourth-order valence-corrected chi connectivity index (χ4v) is 3.26. The first kappa shape index (κ1) is 16.2. The standard InChI is InChI=1S/C17H25NO2S/c1-5-6-7-10-21-15-11-13(8-9-14(15)19-4)16-18-17(2,3)12-20-16/h8-9,11H,5-7,10,12H2,1-4H3. The molecule has 4 heteroatoms. The summed E-state index contributed by atoms with van der Waals surface area (Å²) in [6.45, 7) is 7.05. The molecule has 0 saturated heterocycles. The average molecular weight is 307 g/mol. The molecule has 21 heavy (non-hydrogen) atoms. The molecule has 0 saturated carbocycles. The molecule has 0 aliphatic carbocycles. The van der Waals surface area contributed by atoms with Crippen molar-refractivity contribution >= 4 is 17.7 Å². The number of aliphatic imine (C=N–C) groups is 1. The molecule has 0 radical (unpaired) electrons. The molecule has 0 amide bonds. The predicted octanol–water partition coefficient (Wildman–Crippen LogP) is 4.53. The van der Waals surface area contributed by atoms with Crippen molar-refractivity contribution in [1.82, 2.24) is 0 Å². The van der Waals surface area contributed by atoms with E-state index in [4.69, 9.17) is 9.47 Å². The van der Waals surface area contributed by atoms with Gasteiger partial charge in [0.2, 0.25) is 5.90 Å². The minimum absolute atomic E-state index is 0.121. The Labute approximate surface area is 132 Å². The third-order valence-corrected chi connectivity index (χ3v) is 4.51. The zero-order valence-electron chi connectivity index (χ0n) is 13.4. The van der Waals surface area contributed by atoms with Gasteiger partial charge in [-0.2, -0.15) is 0 Å². The second-order valence-corrected chi connectivity index (χ2v) is 7.08. The van der Waals surface area contributed by atoms with Gasteiger partial charge in [-0.3, -0.25) is 0 Å². The molecular weight excluding hydrogens is 282 g/mol. The monoisotopic (exact) mass is 307 g/mol. The molecule has 1 aromatic rings. The van der Waals surface area contributed by atoms with Gasteiger partial charge < -0.3 is 9.47 Å². The first-order chi connectivity index (χ1) is 10.1. The average Bonchev–Trinajstić information content (AvgIpc) is 2.83. The van der Waals surface area contributed by atoms with Gasteiger partial charge in [0.05, 0.1) is 17.5 Å². The van der Waals surface area contributed by atoms with Crippen LogP contribution in [0.3, 0.4) is 0 Å². The highest BCUT2D eigenvalue weighted by atomic mass is 32.2. The first-order valence-electron chi connectivity index (χ1n) is 7.59. The van der Waals surface area contributed by atoms with E-state index in [0.717, 1.165) is 23.0 Å². The zero-order valence-corrected chi connectivity index (χ0v) is 14.3. The maximum Gasteiger partial charge on any atom is 0.216 e. The van der Waals surface area contributed by atoms with Crippen LogP contribution in [0.4, 0.5) is 0 Å². The van der Waals surface area contributed by atoms with Crippen LogP contribution in [0.15, 0.2) is 28.1 Å². The van der Waals surface area contributed by atoms with Gasteiger partial charge in [0.1, 0.15) is 12.4 Å². The number of methoxy groups -OCH3 is 1. The Bertz CT molecular complexity index is 512. The summed E-state index contributed by atoms with van der Waals surface area (Å²) in [5.74, 6) is 2.79. The largest absolute Gasteiger partial charge is 0.496 e. The van der Waals surface area contributed by atoms with Gasteiger partial charge in [-0.1, -0.05) is 19.8 Å². The van der Waals surface area contributed by atoms with Crippen LogP contribution in [0.5, 0.6) is 5.75 Å². The molecule has 1 aromatic carbocycles. The van der Waals surface area contributed by atoms with E-state index in [1.807, 2.05) is 23.9 Å². The Hall–Kier alpha value is -1.16. The molecule has 0 bridgehead atoms. The molecule has 0 aromatic heterocycles. The van der Waals surface area contributed by atoms with Gasteiger partial charge in [-0.15, -0.1) is 11.8 Å². The van der Waals surface area contributed by atoms with E-state index in [-0.39, 0.29) is 5.54 Å². The second kappa shape index (κ2) is 7.21. The summed E-state index contributed by atoms with van der Waals surface area (Å²) in [5, 5.41) is 0. The summed E-state index contributed by atoms with van der Waals surface area (Å²) in [7, 11) is 1.72. The van der Waals surface area contributed by atoms with Crippen molar-refractivity contribution < 1.29 is 9.47 Å². The van der Waals surface area contributed by atoms with Gasteiger partial charge >= 0.3 is 0 Å². The molecule has 1 heterocycles. The van der Waals surface area contributed by atoms with Gasteiger partial charge in [-0.05, 0) is 44.2 Å². The Morgan fingerprint density at radius 1 is 1.33 bits per heavy atom. The fourth-order valence-electron chi connectivity index (χ4n) is 2.19. The summed E-state index contributed by atoms with van der Waals surface area (Å²) in [4.78, 5) is 5.81. The van der Waals surface area contributed by atoms with E-state index in [1.165, 1.54) is 24.2 Å². The van der Waals surface area contributed by atoms with Crippen LogP contribution in [0, 0.1) is 0 Å². The van der Waals surface area contributed by atoms with Crippen molar-refractivity contribution in [2.75, 3.05) is 19.5 Å². The van der Waals surface area contributed by atoms with Crippen LogP contribution in [0.25, 0.3) is 0 Å². The molecule has 1 aliphatic heterocycles. The number of hydrogen-bond donors (Lipinski definition) is 0. The maximum atomic E-state index is 5.73. The number of unbranched alkanes of at least 4 members (excludes halogenated alkanes) is 2. The predicted molar refractivity (Wildman–Crippen MR) is 89.8 cm³/mol. The minimum Gasteiger partial charge on any atom is -0.496 e.